The van der Waals surface area contributed by atoms with Crippen LogP contribution >= 0.6 is 0 Å². The van der Waals surface area contributed by atoms with Gasteiger partial charge in [-0.25, -0.2) is 4.57 Å². The van der Waals surface area contributed by atoms with Gasteiger partial charge in [-0.3, -0.25) is 4.57 Å². The Morgan fingerprint density at radius 3 is 3.00 bits per heavy atom. The molecule has 0 radical (unpaired) electrons. The summed E-state index contributed by atoms with van der Waals surface area (Å²) in [6.45, 7) is 1.23. The predicted octanol–water partition coefficient (Wildman–Crippen LogP) is 1.91. The van der Waals surface area contributed by atoms with E-state index in [-0.39, 0.29) is 0 Å². The zero-order valence-electron chi connectivity index (χ0n) is 13.3. The van der Waals surface area contributed by atoms with Crippen LogP contribution in [0.5, 0.6) is 0 Å². The Labute approximate surface area is 126 Å². The van der Waals surface area contributed by atoms with E-state index in [1.54, 1.807) is 0 Å². The number of fused-ring (bicyclic) bond motifs is 2. The molecule has 0 aromatic carbocycles. The lowest BCUT2D eigenvalue weighted by Gasteiger charge is -2.41. The van der Waals surface area contributed by atoms with Gasteiger partial charge in [0.1, 0.15) is 6.20 Å². The van der Waals surface area contributed by atoms with Gasteiger partial charge in [-0.15, -0.1) is 4.98 Å². The number of rotatable bonds is 1. The third-order valence-electron chi connectivity index (χ3n) is 5.91. The van der Waals surface area contributed by atoms with Crippen molar-refractivity contribution in [2.45, 2.75) is 43.6 Å². The van der Waals surface area contributed by atoms with Gasteiger partial charge in [0.15, 0.2) is 11.8 Å². The first-order chi connectivity index (χ1) is 10.1. The standard InChI is InChI=1S/C17H25N4/c1-19-9-8-17(7-5-4-6-15(17)19)13-10-14-16(18-11-13)21(3)12-20(14)2/h10-12,15H,4-9H2,1-3H3/q+1/t15-,17-/m1/s1. The molecule has 112 valence electrons. The smallest absolute Gasteiger partial charge is 0.301 e. The molecule has 0 bridgehead atoms. The Morgan fingerprint density at radius 2 is 2.14 bits per heavy atom. The van der Waals surface area contributed by atoms with E-state index in [4.69, 9.17) is 4.98 Å². The molecule has 0 N–H and O–H groups in total. The van der Waals surface area contributed by atoms with Crippen molar-refractivity contribution in [3.8, 4) is 0 Å². The third-order valence-corrected chi connectivity index (χ3v) is 5.91. The van der Waals surface area contributed by atoms with Crippen molar-refractivity contribution < 1.29 is 4.57 Å². The molecule has 2 aromatic heterocycles. The number of likely N-dealkylation sites (tertiary alicyclic amines) is 1. The van der Waals surface area contributed by atoms with Crippen LogP contribution < -0.4 is 4.57 Å². The molecule has 0 spiro atoms. The molecule has 4 rings (SSSR count). The van der Waals surface area contributed by atoms with E-state index in [9.17, 15) is 0 Å². The Bertz CT molecular complexity index is 685. The van der Waals surface area contributed by atoms with E-state index < -0.39 is 0 Å². The third kappa shape index (κ3) is 1.78. The van der Waals surface area contributed by atoms with Crippen molar-refractivity contribution in [3.63, 3.8) is 0 Å². The van der Waals surface area contributed by atoms with Crippen LogP contribution in [0.3, 0.4) is 0 Å². The van der Waals surface area contributed by atoms with Gasteiger partial charge in [0.2, 0.25) is 0 Å². The van der Waals surface area contributed by atoms with Crippen LogP contribution in [-0.4, -0.2) is 34.1 Å². The molecule has 3 heterocycles. The highest BCUT2D eigenvalue weighted by molar-refractivity contribution is 5.68. The minimum absolute atomic E-state index is 0.344. The minimum Gasteiger partial charge on any atom is -0.302 e. The first-order valence-electron chi connectivity index (χ1n) is 8.13. The molecular formula is C17H25N4+. The van der Waals surface area contributed by atoms with E-state index in [0.717, 1.165) is 5.65 Å². The van der Waals surface area contributed by atoms with E-state index >= 15 is 0 Å². The molecule has 4 heteroatoms. The lowest BCUT2D eigenvalue weighted by Crippen LogP contribution is -2.43. The van der Waals surface area contributed by atoms with E-state index in [0.29, 0.717) is 11.5 Å². The molecule has 1 aliphatic heterocycles. The quantitative estimate of drug-likeness (QED) is 0.748. The fourth-order valence-electron chi connectivity index (χ4n) is 4.79. The van der Waals surface area contributed by atoms with E-state index in [1.807, 2.05) is 0 Å². The average molecular weight is 285 g/mol. The fourth-order valence-corrected chi connectivity index (χ4v) is 4.79. The van der Waals surface area contributed by atoms with Gasteiger partial charge in [-0.1, -0.05) is 12.8 Å². The maximum absolute atomic E-state index is 4.78. The van der Waals surface area contributed by atoms with Crippen LogP contribution in [0.15, 0.2) is 18.6 Å². The molecule has 1 saturated carbocycles. The van der Waals surface area contributed by atoms with Crippen molar-refractivity contribution in [1.82, 2.24) is 14.5 Å². The number of aromatic nitrogens is 3. The molecular weight excluding hydrogens is 260 g/mol. The van der Waals surface area contributed by atoms with Crippen LogP contribution in [0.1, 0.15) is 37.7 Å². The fraction of sp³-hybridized carbons (Fsp3) is 0.647. The summed E-state index contributed by atoms with van der Waals surface area (Å²) in [5.74, 6) is 0. The maximum Gasteiger partial charge on any atom is 0.301 e. The van der Waals surface area contributed by atoms with Crippen LogP contribution in [0.25, 0.3) is 11.2 Å². The molecule has 4 nitrogen and oxygen atoms in total. The molecule has 2 atom stereocenters. The summed E-state index contributed by atoms with van der Waals surface area (Å²) in [5.41, 5.74) is 4.14. The Morgan fingerprint density at radius 1 is 1.29 bits per heavy atom. The molecule has 1 aliphatic carbocycles. The number of hydrogen-bond acceptors (Lipinski definition) is 2. The highest BCUT2D eigenvalue weighted by Gasteiger charge is 2.48. The lowest BCUT2D eigenvalue weighted by atomic mass is 9.66. The van der Waals surface area contributed by atoms with Gasteiger partial charge >= 0.3 is 5.65 Å². The molecule has 2 aliphatic rings. The van der Waals surface area contributed by atoms with Gasteiger partial charge < -0.3 is 4.90 Å². The summed E-state index contributed by atoms with van der Waals surface area (Å²) in [7, 11) is 6.48. The second-order valence-electron chi connectivity index (χ2n) is 7.05. The largest absolute Gasteiger partial charge is 0.302 e. The lowest BCUT2D eigenvalue weighted by molar-refractivity contribution is -0.647. The highest BCUT2D eigenvalue weighted by Crippen LogP contribution is 2.48. The van der Waals surface area contributed by atoms with Crippen molar-refractivity contribution in [3.05, 3.63) is 24.2 Å². The van der Waals surface area contributed by atoms with Crippen molar-refractivity contribution in [2.24, 2.45) is 14.1 Å². The SMILES string of the molecule is CN1CC[C@@]2(c3cnc4c(c3)n(C)c[n+]4C)CCCC[C@@H]12. The molecule has 21 heavy (non-hydrogen) atoms. The summed E-state index contributed by atoms with van der Waals surface area (Å²) in [5, 5.41) is 0. The van der Waals surface area contributed by atoms with Gasteiger partial charge in [0.05, 0.1) is 14.1 Å². The van der Waals surface area contributed by atoms with E-state index in [1.165, 1.54) is 49.7 Å². The summed E-state index contributed by atoms with van der Waals surface area (Å²) in [6, 6.07) is 3.11. The number of pyridine rings is 1. The average Bonchev–Trinajstić information content (AvgIpc) is 2.99. The number of hydrogen-bond donors (Lipinski definition) is 0. The zero-order valence-corrected chi connectivity index (χ0v) is 13.3. The van der Waals surface area contributed by atoms with Gasteiger partial charge in [0, 0.05) is 11.5 Å². The van der Waals surface area contributed by atoms with Crippen LogP contribution in [0, 0.1) is 0 Å². The monoisotopic (exact) mass is 285 g/mol. The molecule has 0 amide bonds. The molecule has 2 fully saturated rings. The minimum atomic E-state index is 0.344. The van der Waals surface area contributed by atoms with Crippen molar-refractivity contribution in [2.75, 3.05) is 13.6 Å². The molecule has 0 unspecified atom stereocenters. The van der Waals surface area contributed by atoms with E-state index in [2.05, 4.69) is 53.8 Å². The van der Waals surface area contributed by atoms with Crippen molar-refractivity contribution >= 4 is 11.2 Å². The number of aryl methyl sites for hydroxylation is 2. The van der Waals surface area contributed by atoms with Crippen molar-refractivity contribution in [1.29, 1.82) is 0 Å². The summed E-state index contributed by atoms with van der Waals surface area (Å²) >= 11 is 0. The highest BCUT2D eigenvalue weighted by atomic mass is 15.2. The molecule has 1 saturated heterocycles. The van der Waals surface area contributed by atoms with Crippen LogP contribution in [0.4, 0.5) is 0 Å². The Kier molecular flexibility index (Phi) is 2.86. The topological polar surface area (TPSA) is 24.9 Å². The molecule has 2 aromatic rings. The second-order valence-corrected chi connectivity index (χ2v) is 7.05. The van der Waals surface area contributed by atoms with Crippen LogP contribution in [0.2, 0.25) is 0 Å². The summed E-state index contributed by atoms with van der Waals surface area (Å²) < 4.78 is 4.30. The summed E-state index contributed by atoms with van der Waals surface area (Å²) in [4.78, 5) is 7.36. The predicted molar refractivity (Wildman–Crippen MR) is 83.1 cm³/mol. The summed E-state index contributed by atoms with van der Waals surface area (Å²) in [6.07, 6.45) is 11.0. The Hall–Kier alpha value is -1.42. The van der Waals surface area contributed by atoms with Gasteiger partial charge in [0.25, 0.3) is 0 Å². The maximum atomic E-state index is 4.78. The normalized spacial score (nSPS) is 30.0. The van der Waals surface area contributed by atoms with Gasteiger partial charge in [-0.2, -0.15) is 0 Å². The van der Waals surface area contributed by atoms with Gasteiger partial charge in [-0.05, 0) is 44.5 Å². The first-order valence-corrected chi connectivity index (χ1v) is 8.13. The number of nitrogens with zero attached hydrogens (tertiary/aromatic N) is 4. The first kappa shape index (κ1) is 13.3. The van der Waals surface area contributed by atoms with Crippen LogP contribution in [-0.2, 0) is 19.5 Å². The number of imidazole rings is 1. The second kappa shape index (κ2) is 4.54. The number of likely N-dealkylation sites (N-methyl/N-ethyl adjacent to an activating group) is 1. The zero-order chi connectivity index (χ0) is 14.6. The Balaban J connectivity index is 1.86.